The SMILES string of the molecule is CC[Si](CC)=[Zr+2][CH]1C(C2C=CC=C2)=Cc2ccccc21.[Cl-].[Cl-]. The zero-order valence-corrected chi connectivity index (χ0v) is 18.0. The van der Waals surface area contributed by atoms with Crippen molar-refractivity contribution in [1.29, 1.82) is 0 Å². The molecule has 0 N–H and O–H groups in total. The number of hydrogen-bond acceptors (Lipinski definition) is 0. The van der Waals surface area contributed by atoms with Crippen molar-refractivity contribution in [1.82, 2.24) is 0 Å². The predicted octanol–water partition coefficient (Wildman–Crippen LogP) is -1.01. The molecule has 4 heteroatoms. The maximum absolute atomic E-state index is 2.50. The Morgan fingerprint density at radius 2 is 1.64 bits per heavy atom. The van der Waals surface area contributed by atoms with E-state index in [9.17, 15) is 0 Å². The summed E-state index contributed by atoms with van der Waals surface area (Å²) in [5.74, 6) is 0.574. The van der Waals surface area contributed by atoms with Crippen LogP contribution in [-0.4, -0.2) is 5.43 Å². The van der Waals surface area contributed by atoms with Gasteiger partial charge in [0.1, 0.15) is 0 Å². The molecule has 0 spiro atoms. The molecule has 0 nitrogen and oxygen atoms in total. The summed E-state index contributed by atoms with van der Waals surface area (Å²) in [5.41, 5.74) is 4.81. The van der Waals surface area contributed by atoms with Gasteiger partial charge in [-0.1, -0.05) is 0 Å². The van der Waals surface area contributed by atoms with Crippen LogP contribution in [0.1, 0.15) is 28.6 Å². The van der Waals surface area contributed by atoms with Crippen LogP contribution in [0.3, 0.4) is 0 Å². The van der Waals surface area contributed by atoms with E-state index in [0.29, 0.717) is 5.92 Å². The van der Waals surface area contributed by atoms with Gasteiger partial charge in [0.15, 0.2) is 0 Å². The average Bonchev–Trinajstić information content (AvgIpc) is 3.12. The van der Waals surface area contributed by atoms with Crippen LogP contribution < -0.4 is 24.8 Å². The number of fused-ring (bicyclic) bond motifs is 1. The third-order valence-electron chi connectivity index (χ3n) is 4.30. The largest absolute Gasteiger partial charge is 1.00 e. The van der Waals surface area contributed by atoms with Crippen LogP contribution in [-0.2, 0) is 21.9 Å². The number of benzene rings is 1. The van der Waals surface area contributed by atoms with Crippen LogP contribution in [0.4, 0.5) is 0 Å². The van der Waals surface area contributed by atoms with Gasteiger partial charge in [0, 0.05) is 0 Å². The number of rotatable bonds is 4. The summed E-state index contributed by atoms with van der Waals surface area (Å²) in [4.78, 5) is 0. The minimum absolute atomic E-state index is 0. The molecule has 0 radical (unpaired) electrons. The molecule has 0 amide bonds. The Kier molecular flexibility index (Phi) is 8.64. The van der Waals surface area contributed by atoms with Crippen LogP contribution in [0, 0.1) is 5.92 Å². The average molecular weight is 428 g/mol. The number of halogens is 2. The van der Waals surface area contributed by atoms with Crippen molar-refractivity contribution in [3.63, 3.8) is 0 Å². The van der Waals surface area contributed by atoms with Gasteiger partial charge in [-0.05, 0) is 0 Å². The van der Waals surface area contributed by atoms with Crippen molar-refractivity contribution in [2.45, 2.75) is 29.6 Å². The second-order valence-corrected chi connectivity index (χ2v) is 17.1. The third kappa shape index (κ3) is 4.15. The molecule has 115 valence electrons. The van der Waals surface area contributed by atoms with Crippen LogP contribution >= 0.6 is 0 Å². The van der Waals surface area contributed by atoms with E-state index in [1.54, 1.807) is 11.1 Å². The van der Waals surface area contributed by atoms with Gasteiger partial charge in [0.05, 0.1) is 0 Å². The Bertz CT molecular complexity index is 614. The first-order valence-corrected chi connectivity index (χ1v) is 14.6. The minimum atomic E-state index is -0.341. The van der Waals surface area contributed by atoms with Gasteiger partial charge in [0.25, 0.3) is 0 Å². The van der Waals surface area contributed by atoms with E-state index in [1.807, 2.05) is 0 Å². The van der Waals surface area contributed by atoms with E-state index in [1.165, 1.54) is 17.7 Å². The first kappa shape index (κ1) is 20.2. The smallest absolute Gasteiger partial charge is 1.00 e. The van der Waals surface area contributed by atoms with Crippen molar-refractivity contribution in [3.05, 3.63) is 65.3 Å². The van der Waals surface area contributed by atoms with Crippen molar-refractivity contribution in [2.24, 2.45) is 5.92 Å². The first-order valence-electron chi connectivity index (χ1n) is 7.60. The van der Waals surface area contributed by atoms with Crippen LogP contribution in [0.15, 0.2) is 54.1 Å². The Morgan fingerprint density at radius 1 is 1.00 bits per heavy atom. The fraction of sp³-hybridized carbons (Fsp3) is 0.333. The van der Waals surface area contributed by atoms with Crippen molar-refractivity contribution in [2.75, 3.05) is 0 Å². The van der Waals surface area contributed by atoms with E-state index in [4.69, 9.17) is 0 Å². The van der Waals surface area contributed by atoms with Gasteiger partial charge in [-0.3, -0.25) is 0 Å². The third-order valence-corrected chi connectivity index (χ3v) is 18.6. The molecule has 0 heterocycles. The molecule has 22 heavy (non-hydrogen) atoms. The standard InChI is InChI=1S/C14H11.C4H10Si.2ClH.Zr/c1-2-6-11(5-1)14-9-12-7-3-4-8-13(12)10-14;1-3-5-4-2;;;/h1-11H;3-4H2,1-2H3;2*1H;/q;;;;+2/p-2. The second kappa shape index (κ2) is 9.42. The Hall–Kier alpha value is 0.120. The normalized spacial score (nSPS) is 18.1. The Labute approximate surface area is 158 Å². The fourth-order valence-corrected chi connectivity index (χ4v) is 14.5. The molecule has 0 aromatic heterocycles. The molecule has 0 saturated carbocycles. The summed E-state index contributed by atoms with van der Waals surface area (Å²) in [5, 5.41) is 0. The quantitative estimate of drug-likeness (QED) is 0.541. The predicted molar refractivity (Wildman–Crippen MR) is 85.6 cm³/mol. The molecule has 1 unspecified atom stereocenters. The molecule has 2 aliphatic carbocycles. The van der Waals surface area contributed by atoms with E-state index < -0.39 is 0 Å². The Morgan fingerprint density at radius 3 is 2.27 bits per heavy atom. The van der Waals surface area contributed by atoms with Gasteiger partial charge in [-0.2, -0.15) is 0 Å². The second-order valence-electron chi connectivity index (χ2n) is 5.46. The zero-order valence-electron chi connectivity index (χ0n) is 13.0. The van der Waals surface area contributed by atoms with Crippen LogP contribution in [0.25, 0.3) is 6.08 Å². The summed E-state index contributed by atoms with van der Waals surface area (Å²) >= 11 is -0.341. The zero-order chi connectivity index (χ0) is 13.9. The van der Waals surface area contributed by atoms with E-state index in [2.05, 4.69) is 68.5 Å². The maximum atomic E-state index is 2.50. The van der Waals surface area contributed by atoms with E-state index in [-0.39, 0.29) is 52.1 Å². The summed E-state index contributed by atoms with van der Waals surface area (Å²) in [6.07, 6.45) is 11.7. The summed E-state index contributed by atoms with van der Waals surface area (Å²) in [6, 6.07) is 12.0. The molecule has 1 aromatic rings. The number of allylic oxidation sites excluding steroid dienone is 5. The monoisotopic (exact) mass is 425 g/mol. The van der Waals surface area contributed by atoms with E-state index >= 15 is 0 Å². The topological polar surface area (TPSA) is 0 Å². The van der Waals surface area contributed by atoms with Gasteiger partial charge in [-0.25, -0.2) is 0 Å². The van der Waals surface area contributed by atoms with Crippen LogP contribution in [0.2, 0.25) is 12.1 Å². The minimum Gasteiger partial charge on any atom is -1.00 e. The maximum Gasteiger partial charge on any atom is -1.00 e. The van der Waals surface area contributed by atoms with Gasteiger partial charge >= 0.3 is 134 Å². The van der Waals surface area contributed by atoms with Gasteiger partial charge < -0.3 is 24.8 Å². The Balaban J connectivity index is 0.00000121. The summed E-state index contributed by atoms with van der Waals surface area (Å²) in [6.45, 7) is 4.83. The molecule has 2 aliphatic rings. The molecule has 0 aliphatic heterocycles. The molecular formula is C18H21Cl2SiZr. The first-order chi connectivity index (χ1) is 9.83. The molecule has 3 rings (SSSR count). The van der Waals surface area contributed by atoms with Gasteiger partial charge in [0.2, 0.25) is 0 Å². The number of hydrogen-bond donors (Lipinski definition) is 0. The van der Waals surface area contributed by atoms with E-state index in [0.717, 1.165) is 3.63 Å². The van der Waals surface area contributed by atoms with Crippen molar-refractivity contribution >= 4 is 11.5 Å². The fourth-order valence-electron chi connectivity index (χ4n) is 3.11. The molecule has 1 atom stereocenters. The van der Waals surface area contributed by atoms with Gasteiger partial charge in [-0.15, -0.1) is 0 Å². The van der Waals surface area contributed by atoms with Crippen molar-refractivity contribution < 1.29 is 46.7 Å². The summed E-state index contributed by atoms with van der Waals surface area (Å²) < 4.78 is 0.834. The molecule has 1 aromatic carbocycles. The molecular weight excluding hydrogens is 406 g/mol. The molecule has 0 bridgehead atoms. The summed E-state index contributed by atoms with van der Waals surface area (Å²) in [7, 11) is 0. The van der Waals surface area contributed by atoms with Crippen LogP contribution in [0.5, 0.6) is 0 Å². The molecule has 0 saturated heterocycles. The molecule has 0 fully saturated rings. The van der Waals surface area contributed by atoms with Crippen molar-refractivity contribution in [3.8, 4) is 0 Å².